The standard InChI is InChI=1S/C11H15N3O4S/c1-6(2)3-12-8(15)4-13-9(16)7-5-19-10(14-7)11(17)18/h5-6H,3-4H2,1-2H3,(H,12,15)(H,13,16)(H,17,18). The Morgan fingerprint density at radius 1 is 1.37 bits per heavy atom. The molecule has 0 unspecified atom stereocenters. The zero-order valence-corrected chi connectivity index (χ0v) is 11.4. The maximum absolute atomic E-state index is 11.6. The molecule has 0 spiro atoms. The van der Waals surface area contributed by atoms with Crippen molar-refractivity contribution in [2.75, 3.05) is 13.1 Å². The van der Waals surface area contributed by atoms with Crippen molar-refractivity contribution in [1.29, 1.82) is 0 Å². The highest BCUT2D eigenvalue weighted by molar-refractivity contribution is 7.11. The maximum atomic E-state index is 11.6. The van der Waals surface area contributed by atoms with Crippen molar-refractivity contribution >= 4 is 29.1 Å². The van der Waals surface area contributed by atoms with Gasteiger partial charge in [-0.3, -0.25) is 9.59 Å². The lowest BCUT2D eigenvalue weighted by molar-refractivity contribution is -0.120. The minimum absolute atomic E-state index is 0.000871. The summed E-state index contributed by atoms with van der Waals surface area (Å²) < 4.78 is 0. The van der Waals surface area contributed by atoms with Crippen LogP contribution in [0.2, 0.25) is 0 Å². The first-order valence-corrected chi connectivity index (χ1v) is 6.51. The first kappa shape index (κ1) is 15.1. The lowest BCUT2D eigenvalue weighted by Gasteiger charge is -2.07. The molecule has 0 aliphatic rings. The molecule has 1 rings (SSSR count). The zero-order valence-electron chi connectivity index (χ0n) is 10.6. The number of carbonyl (C=O) groups is 3. The summed E-state index contributed by atoms with van der Waals surface area (Å²) in [5, 5.41) is 14.9. The normalized spacial score (nSPS) is 10.3. The van der Waals surface area contributed by atoms with Crippen LogP contribution in [0.1, 0.15) is 34.1 Å². The number of thiazole rings is 1. The predicted molar refractivity (Wildman–Crippen MR) is 69.3 cm³/mol. The van der Waals surface area contributed by atoms with Gasteiger partial charge >= 0.3 is 5.97 Å². The number of nitrogens with one attached hydrogen (secondary N) is 2. The van der Waals surface area contributed by atoms with Gasteiger partial charge in [0.25, 0.3) is 5.91 Å². The van der Waals surface area contributed by atoms with Gasteiger partial charge < -0.3 is 15.7 Å². The number of carboxylic acid groups (broad SMARTS) is 1. The summed E-state index contributed by atoms with van der Waals surface area (Å²) in [7, 11) is 0. The van der Waals surface area contributed by atoms with E-state index in [1.807, 2.05) is 13.8 Å². The Hall–Kier alpha value is -1.96. The van der Waals surface area contributed by atoms with Gasteiger partial charge in [-0.15, -0.1) is 11.3 Å². The van der Waals surface area contributed by atoms with Crippen LogP contribution in [0.15, 0.2) is 5.38 Å². The van der Waals surface area contributed by atoms with Crippen LogP contribution in [0.5, 0.6) is 0 Å². The summed E-state index contributed by atoms with van der Waals surface area (Å²) in [5.74, 6) is -1.71. The fraction of sp³-hybridized carbons (Fsp3) is 0.455. The number of hydrogen-bond acceptors (Lipinski definition) is 5. The van der Waals surface area contributed by atoms with Gasteiger partial charge in [0, 0.05) is 11.9 Å². The maximum Gasteiger partial charge on any atom is 0.365 e. The Kier molecular flexibility index (Phi) is 5.43. The van der Waals surface area contributed by atoms with E-state index < -0.39 is 11.9 Å². The van der Waals surface area contributed by atoms with Crippen LogP contribution in [0.3, 0.4) is 0 Å². The number of aromatic carboxylic acids is 1. The summed E-state index contributed by atoms with van der Waals surface area (Å²) in [6.45, 7) is 4.29. The lowest BCUT2D eigenvalue weighted by atomic mass is 10.2. The Morgan fingerprint density at radius 3 is 2.58 bits per heavy atom. The molecule has 104 valence electrons. The molecule has 0 bridgehead atoms. The van der Waals surface area contributed by atoms with Crippen molar-refractivity contribution < 1.29 is 19.5 Å². The van der Waals surface area contributed by atoms with E-state index in [4.69, 9.17) is 5.11 Å². The van der Waals surface area contributed by atoms with Gasteiger partial charge in [0.1, 0.15) is 5.69 Å². The minimum Gasteiger partial charge on any atom is -0.476 e. The number of carboxylic acids is 1. The Morgan fingerprint density at radius 2 is 2.05 bits per heavy atom. The molecule has 8 heteroatoms. The van der Waals surface area contributed by atoms with E-state index in [0.717, 1.165) is 11.3 Å². The molecule has 19 heavy (non-hydrogen) atoms. The second-order valence-electron chi connectivity index (χ2n) is 4.22. The van der Waals surface area contributed by atoms with E-state index in [1.165, 1.54) is 5.38 Å². The number of aromatic nitrogens is 1. The molecule has 0 atom stereocenters. The van der Waals surface area contributed by atoms with Crippen molar-refractivity contribution in [3.05, 3.63) is 16.1 Å². The molecule has 1 heterocycles. The SMILES string of the molecule is CC(C)CNC(=O)CNC(=O)c1csc(C(=O)O)n1. The van der Waals surface area contributed by atoms with Crippen molar-refractivity contribution in [2.45, 2.75) is 13.8 Å². The molecule has 3 N–H and O–H groups in total. The molecule has 0 saturated carbocycles. The van der Waals surface area contributed by atoms with Gasteiger partial charge in [-0.2, -0.15) is 0 Å². The van der Waals surface area contributed by atoms with Gasteiger partial charge in [0.15, 0.2) is 0 Å². The van der Waals surface area contributed by atoms with Crippen molar-refractivity contribution in [3.8, 4) is 0 Å². The molecule has 0 fully saturated rings. The molecule has 1 aromatic heterocycles. The number of carbonyl (C=O) groups excluding carboxylic acids is 2. The van der Waals surface area contributed by atoms with E-state index in [0.29, 0.717) is 12.5 Å². The predicted octanol–water partition coefficient (Wildman–Crippen LogP) is 0.343. The lowest BCUT2D eigenvalue weighted by Crippen LogP contribution is -2.38. The van der Waals surface area contributed by atoms with Crippen molar-refractivity contribution in [1.82, 2.24) is 15.6 Å². The summed E-state index contributed by atoms with van der Waals surface area (Å²) in [6, 6.07) is 0. The van der Waals surface area contributed by atoms with E-state index in [1.54, 1.807) is 0 Å². The largest absolute Gasteiger partial charge is 0.476 e. The summed E-state index contributed by atoms with van der Waals surface area (Å²) in [6.07, 6.45) is 0. The second-order valence-corrected chi connectivity index (χ2v) is 5.08. The number of amides is 2. The van der Waals surface area contributed by atoms with Gasteiger partial charge in [0.05, 0.1) is 6.54 Å². The molecule has 0 aliphatic carbocycles. The highest BCUT2D eigenvalue weighted by Crippen LogP contribution is 2.09. The zero-order chi connectivity index (χ0) is 14.4. The first-order chi connectivity index (χ1) is 8.90. The fourth-order valence-corrected chi connectivity index (χ4v) is 1.74. The molecular formula is C11H15N3O4S. The van der Waals surface area contributed by atoms with Crippen LogP contribution in [0.4, 0.5) is 0 Å². The third kappa shape index (κ3) is 5.04. The van der Waals surface area contributed by atoms with Crippen LogP contribution in [-0.4, -0.2) is 41.0 Å². The summed E-state index contributed by atoms with van der Waals surface area (Å²) in [5.41, 5.74) is -0.000871. The highest BCUT2D eigenvalue weighted by Gasteiger charge is 2.15. The summed E-state index contributed by atoms with van der Waals surface area (Å²) >= 11 is 0.862. The van der Waals surface area contributed by atoms with Crippen LogP contribution in [0.25, 0.3) is 0 Å². The Labute approximate surface area is 114 Å². The quantitative estimate of drug-likeness (QED) is 0.698. The monoisotopic (exact) mass is 285 g/mol. The number of rotatable bonds is 6. The van der Waals surface area contributed by atoms with Gasteiger partial charge in [-0.05, 0) is 5.92 Å². The molecular weight excluding hydrogens is 270 g/mol. The number of nitrogens with zero attached hydrogens (tertiary/aromatic N) is 1. The number of hydrogen-bond donors (Lipinski definition) is 3. The van der Waals surface area contributed by atoms with Crippen LogP contribution in [0, 0.1) is 5.92 Å². The van der Waals surface area contributed by atoms with Crippen molar-refractivity contribution in [2.24, 2.45) is 5.92 Å². The second kappa shape index (κ2) is 6.83. The highest BCUT2D eigenvalue weighted by atomic mass is 32.1. The van der Waals surface area contributed by atoms with E-state index in [-0.39, 0.29) is 23.2 Å². The Bertz CT molecular complexity index is 484. The molecule has 1 aromatic rings. The first-order valence-electron chi connectivity index (χ1n) is 5.64. The van der Waals surface area contributed by atoms with Gasteiger partial charge in [-0.1, -0.05) is 13.8 Å². The fourth-order valence-electron chi connectivity index (χ4n) is 1.11. The summed E-state index contributed by atoms with van der Waals surface area (Å²) in [4.78, 5) is 37.2. The molecule has 0 radical (unpaired) electrons. The van der Waals surface area contributed by atoms with E-state index in [2.05, 4.69) is 15.6 Å². The van der Waals surface area contributed by atoms with Gasteiger partial charge in [0.2, 0.25) is 10.9 Å². The van der Waals surface area contributed by atoms with Crippen LogP contribution in [-0.2, 0) is 4.79 Å². The average Bonchev–Trinajstić information content (AvgIpc) is 2.83. The van der Waals surface area contributed by atoms with Crippen LogP contribution < -0.4 is 10.6 Å². The van der Waals surface area contributed by atoms with E-state index in [9.17, 15) is 14.4 Å². The molecule has 0 aromatic carbocycles. The smallest absolute Gasteiger partial charge is 0.365 e. The molecule has 7 nitrogen and oxygen atoms in total. The Balaban J connectivity index is 2.42. The van der Waals surface area contributed by atoms with Crippen molar-refractivity contribution in [3.63, 3.8) is 0 Å². The third-order valence-electron chi connectivity index (χ3n) is 2.04. The molecule has 0 aliphatic heterocycles. The van der Waals surface area contributed by atoms with E-state index >= 15 is 0 Å². The third-order valence-corrected chi connectivity index (χ3v) is 2.87. The minimum atomic E-state index is -1.18. The van der Waals surface area contributed by atoms with Gasteiger partial charge in [-0.25, -0.2) is 9.78 Å². The average molecular weight is 285 g/mol. The molecule has 0 saturated heterocycles. The molecule has 2 amide bonds. The topological polar surface area (TPSA) is 108 Å². The van der Waals surface area contributed by atoms with Crippen LogP contribution >= 0.6 is 11.3 Å².